The van der Waals surface area contributed by atoms with Gasteiger partial charge >= 0.3 is 0 Å². The lowest BCUT2D eigenvalue weighted by Crippen LogP contribution is -1.93. The Hall–Kier alpha value is -0.690. The highest BCUT2D eigenvalue weighted by molar-refractivity contribution is 7.84. The second-order valence-corrected chi connectivity index (χ2v) is 3.17. The molecule has 0 aliphatic carbocycles. The van der Waals surface area contributed by atoms with E-state index in [4.69, 9.17) is 0 Å². The van der Waals surface area contributed by atoms with Crippen LogP contribution < -0.4 is 0 Å². The SMILES string of the molecule is C=C.C=C/C=C(\C(S)=C/C)C(C)C. The molecule has 0 rings (SSSR count). The van der Waals surface area contributed by atoms with Crippen molar-refractivity contribution in [1.82, 2.24) is 0 Å². The topological polar surface area (TPSA) is 0 Å². The summed E-state index contributed by atoms with van der Waals surface area (Å²) in [4.78, 5) is 1.04. The zero-order chi connectivity index (χ0) is 10.9. The van der Waals surface area contributed by atoms with E-state index in [1.807, 2.05) is 19.1 Å². The van der Waals surface area contributed by atoms with Crippen molar-refractivity contribution in [2.24, 2.45) is 5.92 Å². The minimum Gasteiger partial charge on any atom is -0.143 e. The maximum absolute atomic E-state index is 4.34. The van der Waals surface area contributed by atoms with Gasteiger partial charge in [-0.25, -0.2) is 0 Å². The van der Waals surface area contributed by atoms with Crippen molar-refractivity contribution in [3.8, 4) is 0 Å². The van der Waals surface area contributed by atoms with Crippen LogP contribution in [0.5, 0.6) is 0 Å². The Morgan fingerprint density at radius 3 is 2.00 bits per heavy atom. The van der Waals surface area contributed by atoms with Gasteiger partial charge in [-0.05, 0) is 18.4 Å². The molecule has 0 unspecified atom stereocenters. The molecule has 0 fully saturated rings. The van der Waals surface area contributed by atoms with E-state index in [1.165, 1.54) is 5.57 Å². The summed E-state index contributed by atoms with van der Waals surface area (Å²) in [6.45, 7) is 15.9. The van der Waals surface area contributed by atoms with Crippen molar-refractivity contribution < 1.29 is 0 Å². The molecule has 0 N–H and O–H groups in total. The van der Waals surface area contributed by atoms with Gasteiger partial charge in [0.1, 0.15) is 0 Å². The number of thiol groups is 1. The number of allylic oxidation sites excluding steroid dienone is 4. The van der Waals surface area contributed by atoms with Gasteiger partial charge in [-0.15, -0.1) is 25.8 Å². The zero-order valence-corrected chi connectivity index (χ0v) is 9.77. The minimum atomic E-state index is 0.511. The summed E-state index contributed by atoms with van der Waals surface area (Å²) in [6, 6.07) is 0. The molecule has 0 nitrogen and oxygen atoms in total. The van der Waals surface area contributed by atoms with E-state index in [9.17, 15) is 0 Å². The molecule has 0 aromatic heterocycles. The first kappa shape index (κ1) is 14.8. The molecule has 0 atom stereocenters. The van der Waals surface area contributed by atoms with Crippen LogP contribution in [-0.2, 0) is 0 Å². The molecule has 0 bridgehead atoms. The van der Waals surface area contributed by atoms with Crippen LogP contribution in [0, 0.1) is 5.92 Å². The third kappa shape index (κ3) is 6.47. The lowest BCUT2D eigenvalue weighted by molar-refractivity contribution is 0.788. The zero-order valence-electron chi connectivity index (χ0n) is 8.88. The number of rotatable bonds is 3. The van der Waals surface area contributed by atoms with Crippen molar-refractivity contribution in [3.63, 3.8) is 0 Å². The van der Waals surface area contributed by atoms with Gasteiger partial charge in [0.2, 0.25) is 0 Å². The van der Waals surface area contributed by atoms with Crippen LogP contribution in [-0.4, -0.2) is 0 Å². The molecule has 0 aliphatic rings. The normalized spacial score (nSPS) is 12.1. The quantitative estimate of drug-likeness (QED) is 0.386. The average molecular weight is 196 g/mol. The third-order valence-corrected chi connectivity index (χ3v) is 2.01. The Kier molecular flexibility index (Phi) is 10.7. The molecule has 74 valence electrons. The first-order valence-electron chi connectivity index (χ1n) is 4.31. The highest BCUT2D eigenvalue weighted by Gasteiger charge is 2.03. The third-order valence-electron chi connectivity index (χ3n) is 1.49. The molecule has 13 heavy (non-hydrogen) atoms. The van der Waals surface area contributed by atoms with Gasteiger partial charge in [-0.2, -0.15) is 0 Å². The van der Waals surface area contributed by atoms with Crippen molar-refractivity contribution in [3.05, 3.63) is 48.4 Å². The largest absolute Gasteiger partial charge is 0.143 e. The van der Waals surface area contributed by atoms with Crippen LogP contribution in [0.1, 0.15) is 20.8 Å². The van der Waals surface area contributed by atoms with Gasteiger partial charge in [0.25, 0.3) is 0 Å². The van der Waals surface area contributed by atoms with Gasteiger partial charge < -0.3 is 0 Å². The lowest BCUT2D eigenvalue weighted by Gasteiger charge is -2.09. The molecular formula is C12H20S. The van der Waals surface area contributed by atoms with E-state index < -0.39 is 0 Å². The average Bonchev–Trinajstić information content (AvgIpc) is 2.15. The first-order chi connectivity index (χ1) is 6.13. The first-order valence-corrected chi connectivity index (χ1v) is 4.76. The van der Waals surface area contributed by atoms with E-state index in [1.54, 1.807) is 6.08 Å². The Bertz CT molecular complexity index is 197. The summed E-state index contributed by atoms with van der Waals surface area (Å²) < 4.78 is 0. The number of hydrogen-bond acceptors (Lipinski definition) is 1. The van der Waals surface area contributed by atoms with Crippen molar-refractivity contribution >= 4 is 12.6 Å². The molecule has 0 saturated heterocycles. The summed E-state index contributed by atoms with van der Waals surface area (Å²) in [5, 5.41) is 0. The van der Waals surface area contributed by atoms with Gasteiger partial charge in [0.05, 0.1) is 0 Å². The summed E-state index contributed by atoms with van der Waals surface area (Å²) >= 11 is 4.34. The van der Waals surface area contributed by atoms with Crippen molar-refractivity contribution in [2.45, 2.75) is 20.8 Å². The molecule has 1 heteroatoms. The van der Waals surface area contributed by atoms with E-state index >= 15 is 0 Å². The molecule has 0 aliphatic heterocycles. The Labute approximate surface area is 88.2 Å². The van der Waals surface area contributed by atoms with Gasteiger partial charge in [0, 0.05) is 4.91 Å². The maximum atomic E-state index is 4.34. The maximum Gasteiger partial charge on any atom is 0.00319 e. The van der Waals surface area contributed by atoms with Gasteiger partial charge in [0.15, 0.2) is 0 Å². The van der Waals surface area contributed by atoms with Crippen LogP contribution in [0.2, 0.25) is 0 Å². The van der Waals surface area contributed by atoms with E-state index in [0.717, 1.165) is 4.91 Å². The van der Waals surface area contributed by atoms with Crippen molar-refractivity contribution in [2.75, 3.05) is 0 Å². The fourth-order valence-corrected chi connectivity index (χ4v) is 1.20. The second-order valence-electron chi connectivity index (χ2n) is 2.69. The van der Waals surface area contributed by atoms with Crippen LogP contribution >= 0.6 is 12.6 Å². The second kappa shape index (κ2) is 9.40. The molecule has 0 spiro atoms. The lowest BCUT2D eigenvalue weighted by atomic mass is 10.0. The minimum absolute atomic E-state index is 0.511. The molecule has 0 heterocycles. The smallest absolute Gasteiger partial charge is 0.00319 e. The highest BCUT2D eigenvalue weighted by atomic mass is 32.1. The summed E-state index contributed by atoms with van der Waals surface area (Å²) in [5.74, 6) is 0.511. The Morgan fingerprint density at radius 1 is 1.31 bits per heavy atom. The van der Waals surface area contributed by atoms with Crippen LogP contribution in [0.3, 0.4) is 0 Å². The van der Waals surface area contributed by atoms with Crippen LogP contribution in [0.4, 0.5) is 0 Å². The molecular weight excluding hydrogens is 176 g/mol. The monoisotopic (exact) mass is 196 g/mol. The molecule has 0 amide bonds. The predicted octanol–water partition coefficient (Wildman–Crippen LogP) is 4.39. The fraction of sp³-hybridized carbons (Fsp3) is 0.333. The van der Waals surface area contributed by atoms with E-state index in [2.05, 4.69) is 46.2 Å². The van der Waals surface area contributed by atoms with E-state index in [-0.39, 0.29) is 0 Å². The standard InChI is InChI=1S/C10H16S.C2H4/c1-5-7-9(8(3)4)10(11)6-2;1-2/h5-8,11H,1H2,2-4H3;1-2H2/b9-7-,10-6+;. The number of hydrogen-bond donors (Lipinski definition) is 1. The Morgan fingerprint density at radius 2 is 1.77 bits per heavy atom. The van der Waals surface area contributed by atoms with Gasteiger partial charge in [-0.3, -0.25) is 0 Å². The summed E-state index contributed by atoms with van der Waals surface area (Å²) in [5.41, 5.74) is 1.24. The van der Waals surface area contributed by atoms with Crippen molar-refractivity contribution in [1.29, 1.82) is 0 Å². The Balaban J connectivity index is 0. The molecule has 0 saturated carbocycles. The molecule has 0 aromatic rings. The molecule has 0 aromatic carbocycles. The van der Waals surface area contributed by atoms with E-state index in [0.29, 0.717) is 5.92 Å². The fourth-order valence-electron chi connectivity index (χ4n) is 0.867. The highest BCUT2D eigenvalue weighted by Crippen LogP contribution is 2.21. The molecule has 0 radical (unpaired) electrons. The summed E-state index contributed by atoms with van der Waals surface area (Å²) in [7, 11) is 0. The summed E-state index contributed by atoms with van der Waals surface area (Å²) in [6.07, 6.45) is 5.81. The van der Waals surface area contributed by atoms with Crippen LogP contribution in [0.15, 0.2) is 48.4 Å². The predicted molar refractivity (Wildman–Crippen MR) is 67.1 cm³/mol. The van der Waals surface area contributed by atoms with Gasteiger partial charge in [-0.1, -0.05) is 38.7 Å². The van der Waals surface area contributed by atoms with Crippen LogP contribution in [0.25, 0.3) is 0 Å².